The van der Waals surface area contributed by atoms with Crippen LogP contribution in [-0.2, 0) is 16.6 Å². The van der Waals surface area contributed by atoms with Gasteiger partial charge in [0.15, 0.2) is 28.2 Å². The Balaban J connectivity index is 2.12. The van der Waals surface area contributed by atoms with Gasteiger partial charge in [0.25, 0.3) is 0 Å². The molecule has 1 fully saturated rings. The van der Waals surface area contributed by atoms with Gasteiger partial charge in [-0.25, -0.2) is 30.4 Å². The van der Waals surface area contributed by atoms with Crippen LogP contribution in [0.1, 0.15) is 18.4 Å². The summed E-state index contributed by atoms with van der Waals surface area (Å²) in [4.78, 5) is -1.84. The molecule has 0 saturated heterocycles. The van der Waals surface area contributed by atoms with Gasteiger partial charge in [0, 0.05) is 18.2 Å². The van der Waals surface area contributed by atoms with Crippen LogP contribution in [0.3, 0.4) is 0 Å². The van der Waals surface area contributed by atoms with Crippen LogP contribution in [0.25, 0.3) is 0 Å². The first kappa shape index (κ1) is 16.9. The van der Waals surface area contributed by atoms with Gasteiger partial charge >= 0.3 is 0 Å². The van der Waals surface area contributed by atoms with Crippen molar-refractivity contribution in [2.75, 3.05) is 0 Å². The summed E-state index contributed by atoms with van der Waals surface area (Å²) < 4.78 is 98.2. The predicted molar refractivity (Wildman–Crippen MR) is 70.7 cm³/mol. The van der Waals surface area contributed by atoms with Gasteiger partial charge in [-0.15, -0.1) is 0 Å². The third-order valence-corrected chi connectivity index (χ3v) is 5.53. The van der Waals surface area contributed by atoms with Crippen molar-refractivity contribution in [3.8, 4) is 0 Å². The quantitative estimate of drug-likeness (QED) is 0.463. The van der Waals surface area contributed by atoms with Crippen molar-refractivity contribution in [2.45, 2.75) is 30.3 Å². The van der Waals surface area contributed by atoms with Crippen LogP contribution >= 0.6 is 0 Å². The molecule has 1 heterocycles. The molecule has 3 rings (SSSR count). The standard InChI is InChI=1S/C14H10F5NO3S/c15-9-10(16)12(18)14(13(19)11(9)17)24(21,22)20(8-1-2-8)5-7-3-4-23-6-7/h3-4,6,8H,1-2,5H2. The highest BCUT2D eigenvalue weighted by molar-refractivity contribution is 7.89. The van der Waals surface area contributed by atoms with Gasteiger partial charge in [0.2, 0.25) is 15.8 Å². The average Bonchev–Trinajstić information content (AvgIpc) is 3.24. The lowest BCUT2D eigenvalue weighted by atomic mass is 10.3. The molecule has 0 unspecified atom stereocenters. The fourth-order valence-corrected chi connectivity index (χ4v) is 4.05. The average molecular weight is 367 g/mol. The maximum absolute atomic E-state index is 13.9. The zero-order valence-corrected chi connectivity index (χ0v) is 12.7. The summed E-state index contributed by atoms with van der Waals surface area (Å²) >= 11 is 0. The molecule has 0 N–H and O–H groups in total. The zero-order valence-electron chi connectivity index (χ0n) is 11.9. The first-order chi connectivity index (χ1) is 11.2. The van der Waals surface area contributed by atoms with E-state index >= 15 is 0 Å². The number of sulfonamides is 1. The van der Waals surface area contributed by atoms with Crippen molar-refractivity contribution in [3.05, 3.63) is 53.2 Å². The SMILES string of the molecule is O=S(=O)(c1c(F)c(F)c(F)c(F)c1F)N(Cc1ccoc1)C1CC1. The Kier molecular flexibility index (Phi) is 4.12. The molecule has 1 saturated carbocycles. The molecule has 1 aliphatic carbocycles. The Morgan fingerprint density at radius 2 is 1.54 bits per heavy atom. The van der Waals surface area contributed by atoms with Gasteiger partial charge in [0.05, 0.1) is 12.5 Å². The summed E-state index contributed by atoms with van der Waals surface area (Å²) in [5.74, 6) is -11.7. The smallest absolute Gasteiger partial charge is 0.249 e. The molecule has 0 amide bonds. The third kappa shape index (κ3) is 2.69. The Hall–Kier alpha value is -1.94. The van der Waals surface area contributed by atoms with E-state index in [4.69, 9.17) is 4.42 Å². The first-order valence-electron chi connectivity index (χ1n) is 6.79. The van der Waals surface area contributed by atoms with E-state index in [1.54, 1.807) is 0 Å². The number of benzene rings is 1. The molecule has 2 aromatic rings. The van der Waals surface area contributed by atoms with Crippen molar-refractivity contribution in [3.63, 3.8) is 0 Å². The predicted octanol–water partition coefficient (Wildman–Crippen LogP) is 3.33. The summed E-state index contributed by atoms with van der Waals surface area (Å²) in [7, 11) is -4.94. The van der Waals surface area contributed by atoms with E-state index in [2.05, 4.69) is 0 Å². The summed E-state index contributed by atoms with van der Waals surface area (Å²) in [6.45, 7) is -0.303. The molecule has 10 heteroatoms. The van der Waals surface area contributed by atoms with Crippen molar-refractivity contribution >= 4 is 10.0 Å². The maximum atomic E-state index is 13.9. The highest BCUT2D eigenvalue weighted by Gasteiger charge is 2.43. The van der Waals surface area contributed by atoms with Crippen LogP contribution in [0.2, 0.25) is 0 Å². The highest BCUT2D eigenvalue weighted by atomic mass is 32.2. The third-order valence-electron chi connectivity index (χ3n) is 3.61. The second kappa shape index (κ2) is 5.85. The summed E-state index contributed by atoms with van der Waals surface area (Å²) in [5, 5.41) is 0. The van der Waals surface area contributed by atoms with E-state index in [1.807, 2.05) is 0 Å². The van der Waals surface area contributed by atoms with Crippen LogP contribution in [-0.4, -0.2) is 18.8 Å². The Bertz CT molecular complexity index is 849. The minimum Gasteiger partial charge on any atom is -0.472 e. The van der Waals surface area contributed by atoms with Crippen LogP contribution in [0.5, 0.6) is 0 Å². The number of halogens is 5. The lowest BCUT2D eigenvalue weighted by molar-refractivity contribution is 0.345. The maximum Gasteiger partial charge on any atom is 0.249 e. The normalized spacial score (nSPS) is 15.2. The van der Waals surface area contributed by atoms with E-state index in [9.17, 15) is 30.4 Å². The van der Waals surface area contributed by atoms with Crippen molar-refractivity contribution in [2.24, 2.45) is 0 Å². The van der Waals surface area contributed by atoms with E-state index in [-0.39, 0.29) is 6.54 Å². The van der Waals surface area contributed by atoms with Gasteiger partial charge in [-0.1, -0.05) is 0 Å². The minimum absolute atomic E-state index is 0.303. The fraction of sp³-hybridized carbons (Fsp3) is 0.286. The molecule has 0 spiro atoms. The van der Waals surface area contributed by atoms with E-state index in [1.165, 1.54) is 18.6 Å². The van der Waals surface area contributed by atoms with Gasteiger partial charge in [0.1, 0.15) is 0 Å². The molecule has 0 atom stereocenters. The molecule has 4 nitrogen and oxygen atoms in total. The Labute approximate surface area is 133 Å². The van der Waals surface area contributed by atoms with Gasteiger partial charge < -0.3 is 4.42 Å². The fourth-order valence-electron chi connectivity index (χ4n) is 2.26. The second-order valence-corrected chi connectivity index (χ2v) is 7.14. The van der Waals surface area contributed by atoms with Crippen LogP contribution in [0, 0.1) is 29.1 Å². The first-order valence-corrected chi connectivity index (χ1v) is 8.23. The highest BCUT2D eigenvalue weighted by Crippen LogP contribution is 2.36. The lowest BCUT2D eigenvalue weighted by Crippen LogP contribution is -2.34. The number of furan rings is 1. The molecule has 0 radical (unpaired) electrons. The van der Waals surface area contributed by atoms with Gasteiger partial charge in [-0.3, -0.25) is 0 Å². The van der Waals surface area contributed by atoms with Crippen molar-refractivity contribution in [1.82, 2.24) is 4.31 Å². The molecule has 1 aromatic carbocycles. The van der Waals surface area contributed by atoms with Crippen LogP contribution < -0.4 is 0 Å². The lowest BCUT2D eigenvalue weighted by Gasteiger charge is -2.22. The van der Waals surface area contributed by atoms with Crippen molar-refractivity contribution < 1.29 is 34.8 Å². The topological polar surface area (TPSA) is 50.5 Å². The second-order valence-electron chi connectivity index (χ2n) is 5.31. The molecular weight excluding hydrogens is 357 g/mol. The molecule has 24 heavy (non-hydrogen) atoms. The van der Waals surface area contributed by atoms with Gasteiger partial charge in [-0.2, -0.15) is 4.31 Å². The van der Waals surface area contributed by atoms with Gasteiger partial charge in [-0.05, 0) is 18.9 Å². The number of hydrogen-bond donors (Lipinski definition) is 0. The summed E-state index contributed by atoms with van der Waals surface area (Å²) in [5.41, 5.74) is 0.384. The Morgan fingerprint density at radius 1 is 1.00 bits per heavy atom. The van der Waals surface area contributed by atoms with Crippen molar-refractivity contribution in [1.29, 1.82) is 0 Å². The zero-order chi connectivity index (χ0) is 17.6. The number of nitrogens with zero attached hydrogens (tertiary/aromatic N) is 1. The summed E-state index contributed by atoms with van der Waals surface area (Å²) in [6.07, 6.45) is 3.34. The summed E-state index contributed by atoms with van der Waals surface area (Å²) in [6, 6.07) is 0.864. The molecule has 0 bridgehead atoms. The molecule has 1 aliphatic rings. The minimum atomic E-state index is -4.94. The van der Waals surface area contributed by atoms with Crippen LogP contribution in [0.4, 0.5) is 22.0 Å². The van der Waals surface area contributed by atoms with Crippen LogP contribution in [0.15, 0.2) is 27.9 Å². The largest absolute Gasteiger partial charge is 0.472 e. The van der Waals surface area contributed by atoms with E-state index in [0.29, 0.717) is 18.4 Å². The van der Waals surface area contributed by atoms with E-state index < -0.39 is 50.0 Å². The molecule has 130 valence electrons. The number of rotatable bonds is 5. The molecular formula is C14H10F5NO3S. The molecule has 1 aromatic heterocycles. The Morgan fingerprint density at radius 3 is 2.00 bits per heavy atom. The molecule has 0 aliphatic heterocycles. The number of hydrogen-bond acceptors (Lipinski definition) is 3. The monoisotopic (exact) mass is 367 g/mol. The van der Waals surface area contributed by atoms with E-state index in [0.717, 1.165) is 4.31 Å².